The van der Waals surface area contributed by atoms with Crippen LogP contribution in [0, 0.1) is 5.92 Å². The number of nitrogens with one attached hydrogen (secondary N) is 3. The SMILES string of the molecule is O=C(NS(=O)(=O)c1ccc(NCC2CCOCC2)c(S(=O)(=O)C(F)(F)F)c1)c1ccccc1Oc1ccc2[nH]ccc2c1. The number of hydrogen-bond acceptors (Lipinski definition) is 8. The topological polar surface area (TPSA) is 144 Å². The van der Waals surface area contributed by atoms with Crippen LogP contribution in [0.25, 0.3) is 10.9 Å². The Kier molecular flexibility index (Phi) is 8.40. The molecule has 0 aliphatic carbocycles. The molecule has 1 saturated heterocycles. The average Bonchev–Trinajstić information content (AvgIpc) is 3.44. The Bertz CT molecular complexity index is 1870. The van der Waals surface area contributed by atoms with Crippen molar-refractivity contribution in [3.8, 4) is 11.5 Å². The van der Waals surface area contributed by atoms with Gasteiger partial charge in [-0.25, -0.2) is 21.6 Å². The van der Waals surface area contributed by atoms with Crippen LogP contribution in [0.4, 0.5) is 18.9 Å². The van der Waals surface area contributed by atoms with Crippen molar-refractivity contribution in [2.24, 2.45) is 5.92 Å². The van der Waals surface area contributed by atoms with Gasteiger partial charge in [-0.2, -0.15) is 13.2 Å². The molecule has 1 aromatic heterocycles. The summed E-state index contributed by atoms with van der Waals surface area (Å²) >= 11 is 0. The number of hydrogen-bond donors (Lipinski definition) is 3. The number of rotatable bonds is 9. The molecule has 0 atom stereocenters. The number of fused-ring (bicyclic) bond motifs is 1. The fourth-order valence-corrected chi connectivity index (χ4v) is 6.60. The zero-order chi connectivity index (χ0) is 30.8. The molecule has 0 radical (unpaired) electrons. The monoisotopic (exact) mass is 637 g/mol. The molecule has 1 amide bonds. The molecular weight excluding hydrogens is 611 g/mol. The Labute approximate surface area is 245 Å². The summed E-state index contributed by atoms with van der Waals surface area (Å²) in [5, 5.41) is 3.54. The van der Waals surface area contributed by atoms with Crippen LogP contribution in [0.1, 0.15) is 23.2 Å². The first-order valence-electron chi connectivity index (χ1n) is 13.0. The molecule has 0 bridgehead atoms. The molecule has 1 aliphatic rings. The van der Waals surface area contributed by atoms with E-state index in [-0.39, 0.29) is 23.8 Å². The van der Waals surface area contributed by atoms with E-state index in [1.807, 2.05) is 6.07 Å². The van der Waals surface area contributed by atoms with E-state index in [9.17, 15) is 34.8 Å². The molecule has 0 spiro atoms. The van der Waals surface area contributed by atoms with E-state index < -0.39 is 46.8 Å². The molecule has 43 heavy (non-hydrogen) atoms. The summed E-state index contributed by atoms with van der Waals surface area (Å²) in [4.78, 5) is 14.0. The molecule has 1 fully saturated rings. The lowest BCUT2D eigenvalue weighted by molar-refractivity contribution is -0.0435. The minimum absolute atomic E-state index is 0.0121. The molecule has 4 aromatic rings. The van der Waals surface area contributed by atoms with Crippen molar-refractivity contribution < 1.29 is 44.3 Å². The molecule has 2 heterocycles. The quantitative estimate of drug-likeness (QED) is 0.227. The van der Waals surface area contributed by atoms with Crippen LogP contribution in [0.3, 0.4) is 0 Å². The molecule has 1 aliphatic heterocycles. The van der Waals surface area contributed by atoms with Gasteiger partial charge in [-0.15, -0.1) is 0 Å². The molecule has 0 unspecified atom stereocenters. The predicted octanol–water partition coefficient (Wildman–Crippen LogP) is 5.21. The van der Waals surface area contributed by atoms with Crippen molar-refractivity contribution in [2.45, 2.75) is 28.1 Å². The minimum atomic E-state index is -5.96. The minimum Gasteiger partial charge on any atom is -0.457 e. The Morgan fingerprint density at radius 2 is 1.72 bits per heavy atom. The molecular formula is C28H26F3N3O7S2. The number of amides is 1. The number of sulfonamides is 1. The van der Waals surface area contributed by atoms with Crippen LogP contribution in [0.2, 0.25) is 0 Å². The van der Waals surface area contributed by atoms with Crippen LogP contribution >= 0.6 is 0 Å². The predicted molar refractivity (Wildman–Crippen MR) is 151 cm³/mol. The molecule has 5 rings (SSSR count). The van der Waals surface area contributed by atoms with Gasteiger partial charge in [-0.05, 0) is 73.4 Å². The second-order valence-electron chi connectivity index (χ2n) is 9.80. The van der Waals surface area contributed by atoms with Crippen LogP contribution in [0.5, 0.6) is 11.5 Å². The maximum atomic E-state index is 13.6. The van der Waals surface area contributed by atoms with E-state index in [0.29, 0.717) is 37.9 Å². The van der Waals surface area contributed by atoms with Crippen LogP contribution in [0.15, 0.2) is 82.7 Å². The van der Waals surface area contributed by atoms with Crippen LogP contribution < -0.4 is 14.8 Å². The van der Waals surface area contributed by atoms with E-state index in [4.69, 9.17) is 9.47 Å². The van der Waals surface area contributed by atoms with Gasteiger partial charge in [-0.1, -0.05) is 12.1 Å². The second-order valence-corrected chi connectivity index (χ2v) is 13.4. The summed E-state index contributed by atoms with van der Waals surface area (Å²) in [7, 11) is -10.8. The zero-order valence-electron chi connectivity index (χ0n) is 22.3. The van der Waals surface area contributed by atoms with Crippen molar-refractivity contribution in [2.75, 3.05) is 25.1 Å². The fraction of sp³-hybridized carbons (Fsp3) is 0.250. The van der Waals surface area contributed by atoms with Gasteiger partial charge in [0.1, 0.15) is 16.4 Å². The van der Waals surface area contributed by atoms with Gasteiger partial charge < -0.3 is 19.8 Å². The summed E-state index contributed by atoms with van der Waals surface area (Å²) in [5.74, 6) is -0.746. The van der Waals surface area contributed by atoms with Crippen molar-refractivity contribution >= 4 is 42.4 Å². The molecule has 3 N–H and O–H groups in total. The highest BCUT2D eigenvalue weighted by molar-refractivity contribution is 7.92. The number of carbonyl (C=O) groups is 1. The van der Waals surface area contributed by atoms with E-state index in [2.05, 4.69) is 10.3 Å². The Hall–Kier alpha value is -4.08. The van der Waals surface area contributed by atoms with Crippen LogP contribution in [-0.2, 0) is 24.6 Å². The third-order valence-corrected chi connectivity index (χ3v) is 9.75. The zero-order valence-corrected chi connectivity index (χ0v) is 24.0. The van der Waals surface area contributed by atoms with Crippen LogP contribution in [-0.4, -0.2) is 53.0 Å². The lowest BCUT2D eigenvalue weighted by Crippen LogP contribution is -2.31. The maximum Gasteiger partial charge on any atom is 0.501 e. The highest BCUT2D eigenvalue weighted by atomic mass is 32.2. The highest BCUT2D eigenvalue weighted by Crippen LogP contribution is 2.36. The molecule has 0 saturated carbocycles. The first kappa shape index (κ1) is 30.4. The van der Waals surface area contributed by atoms with Crippen molar-refractivity contribution in [3.63, 3.8) is 0 Å². The number of anilines is 1. The average molecular weight is 638 g/mol. The van der Waals surface area contributed by atoms with Crippen molar-refractivity contribution in [1.29, 1.82) is 0 Å². The Balaban J connectivity index is 1.41. The van der Waals surface area contributed by atoms with E-state index in [1.165, 1.54) is 18.2 Å². The largest absolute Gasteiger partial charge is 0.501 e. The van der Waals surface area contributed by atoms with Gasteiger partial charge in [0.15, 0.2) is 0 Å². The van der Waals surface area contributed by atoms with E-state index in [1.54, 1.807) is 35.2 Å². The highest BCUT2D eigenvalue weighted by Gasteiger charge is 2.48. The number of halogens is 3. The molecule has 15 heteroatoms. The normalized spacial score (nSPS) is 14.9. The molecule has 228 valence electrons. The third kappa shape index (κ3) is 6.63. The van der Waals surface area contributed by atoms with Gasteiger partial charge in [0.2, 0.25) is 0 Å². The first-order valence-corrected chi connectivity index (χ1v) is 16.0. The van der Waals surface area contributed by atoms with E-state index >= 15 is 0 Å². The smallest absolute Gasteiger partial charge is 0.457 e. The molecule has 10 nitrogen and oxygen atoms in total. The van der Waals surface area contributed by atoms with E-state index in [0.717, 1.165) is 23.0 Å². The van der Waals surface area contributed by atoms with Crippen molar-refractivity contribution in [3.05, 3.63) is 78.5 Å². The Morgan fingerprint density at radius 1 is 0.977 bits per heavy atom. The summed E-state index contributed by atoms with van der Waals surface area (Å²) in [5.41, 5.74) is -5.44. The first-order chi connectivity index (χ1) is 20.3. The van der Waals surface area contributed by atoms with Crippen molar-refractivity contribution in [1.82, 2.24) is 9.71 Å². The summed E-state index contributed by atoms with van der Waals surface area (Å²) in [6.45, 7) is 1.08. The van der Waals surface area contributed by atoms with Gasteiger partial charge in [0.05, 0.1) is 16.1 Å². The third-order valence-electron chi connectivity index (χ3n) is 6.89. The maximum absolute atomic E-state index is 13.6. The van der Waals surface area contributed by atoms with Gasteiger partial charge in [0, 0.05) is 36.9 Å². The lowest BCUT2D eigenvalue weighted by Gasteiger charge is -2.23. The number of alkyl halides is 3. The summed E-state index contributed by atoms with van der Waals surface area (Å²) in [6, 6.07) is 14.9. The number of para-hydroxylation sites is 1. The van der Waals surface area contributed by atoms with Gasteiger partial charge in [-0.3, -0.25) is 4.79 Å². The number of aromatic amines is 1. The number of H-pyrrole nitrogens is 1. The number of sulfone groups is 1. The lowest BCUT2D eigenvalue weighted by atomic mass is 10.0. The summed E-state index contributed by atoms with van der Waals surface area (Å²) in [6.07, 6.45) is 2.98. The number of aromatic nitrogens is 1. The number of ether oxygens (including phenoxy) is 2. The Morgan fingerprint density at radius 3 is 2.47 bits per heavy atom. The molecule has 3 aromatic carbocycles. The fourth-order valence-electron chi connectivity index (χ4n) is 4.57. The number of carbonyl (C=O) groups excluding carboxylic acids is 1. The standard InChI is InChI=1S/C28H26F3N3O7S2/c29-28(30,31)42(36,37)26-16-21(6-8-24(26)33-17-18-10-13-40-14-11-18)43(38,39)34-27(35)22-3-1-2-4-25(22)41-20-5-7-23-19(15-20)9-12-32-23/h1-9,12,15-16,18,32-33H,10-11,13-14,17H2,(H,34,35). The van der Waals surface area contributed by atoms with Gasteiger partial charge >= 0.3 is 5.51 Å². The summed E-state index contributed by atoms with van der Waals surface area (Å²) < 4.78 is 105. The second kappa shape index (κ2) is 11.9. The van der Waals surface area contributed by atoms with Gasteiger partial charge in [0.25, 0.3) is 25.8 Å². The number of benzene rings is 3.